The highest BCUT2D eigenvalue weighted by Gasteiger charge is 2.41. The van der Waals surface area contributed by atoms with Gasteiger partial charge in [-0.25, -0.2) is 4.68 Å². The quantitative estimate of drug-likeness (QED) is 0.800. The number of nitrogens with zero attached hydrogens (tertiary/aromatic N) is 2. The van der Waals surface area contributed by atoms with Crippen LogP contribution in [-0.2, 0) is 9.96 Å². The molecule has 4 nitrogen and oxygen atoms in total. The molecule has 0 aliphatic heterocycles. The third kappa shape index (κ3) is 3.99. The second kappa shape index (κ2) is 5.92. The molecule has 0 amide bonds. The fourth-order valence-electron chi connectivity index (χ4n) is 3.06. The van der Waals surface area contributed by atoms with Gasteiger partial charge in [-0.2, -0.15) is 5.10 Å². The van der Waals surface area contributed by atoms with Crippen molar-refractivity contribution in [3.63, 3.8) is 0 Å². The second-order valence-corrected chi connectivity index (χ2v) is 14.3. The van der Waals surface area contributed by atoms with Crippen molar-refractivity contribution in [2.45, 2.75) is 96.5 Å². The molecule has 0 spiro atoms. The van der Waals surface area contributed by atoms with Crippen LogP contribution >= 0.6 is 0 Å². The fourth-order valence-corrected chi connectivity index (χ4v) is 4.46. The third-order valence-electron chi connectivity index (χ3n) is 5.46. The van der Waals surface area contributed by atoms with Crippen LogP contribution < -0.4 is 5.73 Å². The summed E-state index contributed by atoms with van der Waals surface area (Å²) in [6.07, 6.45) is 3.74. The van der Waals surface area contributed by atoms with Gasteiger partial charge in [0.2, 0.25) is 0 Å². The Labute approximate surface area is 142 Å². The fraction of sp³-hybridized carbons (Fsp3) is 0.833. The molecule has 1 aromatic heterocycles. The predicted molar refractivity (Wildman–Crippen MR) is 100 cm³/mol. The molecule has 23 heavy (non-hydrogen) atoms. The Balaban J connectivity index is 2.07. The molecule has 2 atom stereocenters. The number of nitrogens with two attached hydrogens (primary N) is 1. The molecule has 1 fully saturated rings. The van der Waals surface area contributed by atoms with Gasteiger partial charge in [0, 0.05) is 18.1 Å². The largest absolute Gasteiger partial charge is 0.414 e. The van der Waals surface area contributed by atoms with Crippen molar-refractivity contribution in [1.82, 2.24) is 9.78 Å². The van der Waals surface area contributed by atoms with Crippen LogP contribution in [0.25, 0.3) is 0 Å². The van der Waals surface area contributed by atoms with Gasteiger partial charge in [0.15, 0.2) is 8.32 Å². The summed E-state index contributed by atoms with van der Waals surface area (Å²) in [5, 5.41) is 5.06. The number of rotatable bonds is 3. The van der Waals surface area contributed by atoms with E-state index in [9.17, 15) is 0 Å². The molecule has 5 heteroatoms. The molecule has 1 aliphatic rings. The lowest BCUT2D eigenvalue weighted by Crippen LogP contribution is -2.43. The maximum absolute atomic E-state index is 6.59. The van der Waals surface area contributed by atoms with Crippen molar-refractivity contribution < 1.29 is 4.43 Å². The van der Waals surface area contributed by atoms with Gasteiger partial charge in [0.05, 0.1) is 11.2 Å². The Morgan fingerprint density at radius 1 is 1.17 bits per heavy atom. The summed E-state index contributed by atoms with van der Waals surface area (Å²) >= 11 is 0. The SMILES string of the molecule is CC(C)(C)n1nc(C2CC[C@@H](O[Si](C)(C)C(C)(C)C)C2)cc1N. The normalized spacial score (nSPS) is 23.5. The zero-order valence-corrected chi connectivity index (χ0v) is 17.2. The Morgan fingerprint density at radius 3 is 2.26 bits per heavy atom. The Bertz CT molecular complexity index is 552. The molecule has 1 aromatic rings. The van der Waals surface area contributed by atoms with Crippen molar-refractivity contribution in [3.05, 3.63) is 11.8 Å². The Kier molecular flexibility index (Phi) is 4.77. The van der Waals surface area contributed by atoms with Crippen LogP contribution in [0.4, 0.5) is 5.82 Å². The van der Waals surface area contributed by atoms with E-state index >= 15 is 0 Å². The summed E-state index contributed by atoms with van der Waals surface area (Å²) < 4.78 is 8.54. The molecule has 1 saturated carbocycles. The minimum absolute atomic E-state index is 0.0714. The van der Waals surface area contributed by atoms with Crippen molar-refractivity contribution in [1.29, 1.82) is 0 Å². The minimum Gasteiger partial charge on any atom is -0.414 e. The van der Waals surface area contributed by atoms with Gasteiger partial charge in [-0.3, -0.25) is 0 Å². The summed E-state index contributed by atoms with van der Waals surface area (Å²) in [5.41, 5.74) is 7.23. The summed E-state index contributed by atoms with van der Waals surface area (Å²) in [4.78, 5) is 0. The van der Waals surface area contributed by atoms with E-state index in [1.165, 1.54) is 0 Å². The zero-order chi connectivity index (χ0) is 17.6. The molecule has 1 aliphatic carbocycles. The lowest BCUT2D eigenvalue weighted by atomic mass is 10.0. The lowest BCUT2D eigenvalue weighted by Gasteiger charge is -2.38. The van der Waals surface area contributed by atoms with E-state index in [0.717, 1.165) is 30.8 Å². The van der Waals surface area contributed by atoms with Crippen LogP contribution in [0.3, 0.4) is 0 Å². The molecule has 132 valence electrons. The van der Waals surface area contributed by atoms with Gasteiger partial charge in [-0.1, -0.05) is 20.8 Å². The maximum Gasteiger partial charge on any atom is 0.192 e. The maximum atomic E-state index is 6.59. The third-order valence-corrected chi connectivity index (χ3v) is 10.00. The average Bonchev–Trinajstić information content (AvgIpc) is 2.92. The van der Waals surface area contributed by atoms with Crippen LogP contribution in [-0.4, -0.2) is 24.2 Å². The van der Waals surface area contributed by atoms with Gasteiger partial charge in [-0.15, -0.1) is 0 Å². The first-order valence-electron chi connectivity index (χ1n) is 8.85. The molecule has 0 aromatic carbocycles. The monoisotopic (exact) mass is 337 g/mol. The van der Waals surface area contributed by atoms with Crippen LogP contribution in [0.5, 0.6) is 0 Å². The molecule has 2 rings (SSSR count). The second-order valence-electron chi connectivity index (χ2n) is 9.59. The average molecular weight is 338 g/mol. The predicted octanol–water partition coefficient (Wildman–Crippen LogP) is 4.88. The van der Waals surface area contributed by atoms with Crippen molar-refractivity contribution >= 4 is 14.1 Å². The summed E-state index contributed by atoms with van der Waals surface area (Å²) in [6.45, 7) is 18.0. The zero-order valence-electron chi connectivity index (χ0n) is 16.2. The summed E-state index contributed by atoms with van der Waals surface area (Å²) in [5.74, 6) is 1.25. The van der Waals surface area contributed by atoms with Gasteiger partial charge in [-0.05, 0) is 58.2 Å². The van der Waals surface area contributed by atoms with Gasteiger partial charge >= 0.3 is 0 Å². The molecular formula is C18H35N3OSi. The van der Waals surface area contributed by atoms with E-state index in [4.69, 9.17) is 15.3 Å². The highest BCUT2D eigenvalue weighted by molar-refractivity contribution is 6.74. The highest BCUT2D eigenvalue weighted by atomic mass is 28.4. The van der Waals surface area contributed by atoms with E-state index in [2.05, 4.69) is 60.7 Å². The van der Waals surface area contributed by atoms with Crippen LogP contribution in [0.1, 0.15) is 72.4 Å². The smallest absolute Gasteiger partial charge is 0.192 e. The van der Waals surface area contributed by atoms with Crippen LogP contribution in [0.2, 0.25) is 18.1 Å². The molecular weight excluding hydrogens is 302 g/mol. The molecule has 1 heterocycles. The van der Waals surface area contributed by atoms with Gasteiger partial charge in [0.25, 0.3) is 0 Å². The Morgan fingerprint density at radius 2 is 1.78 bits per heavy atom. The molecule has 2 N–H and O–H groups in total. The number of hydrogen-bond acceptors (Lipinski definition) is 3. The van der Waals surface area contributed by atoms with Gasteiger partial charge < -0.3 is 10.2 Å². The molecule has 0 bridgehead atoms. The van der Waals surface area contributed by atoms with Crippen molar-refractivity contribution in [3.8, 4) is 0 Å². The first kappa shape index (κ1) is 18.5. The lowest BCUT2D eigenvalue weighted by molar-refractivity contribution is 0.186. The number of aromatic nitrogens is 2. The van der Waals surface area contributed by atoms with Crippen LogP contribution in [0.15, 0.2) is 6.07 Å². The number of hydrogen-bond donors (Lipinski definition) is 1. The van der Waals surface area contributed by atoms with Crippen LogP contribution in [0, 0.1) is 0 Å². The highest BCUT2D eigenvalue weighted by Crippen LogP contribution is 2.42. The van der Waals surface area contributed by atoms with Gasteiger partial charge in [0.1, 0.15) is 5.82 Å². The van der Waals surface area contributed by atoms with Crippen molar-refractivity contribution in [2.24, 2.45) is 0 Å². The molecule has 0 radical (unpaired) electrons. The first-order valence-corrected chi connectivity index (χ1v) is 11.8. The number of nitrogen functional groups attached to an aromatic ring is 1. The Hall–Kier alpha value is -0.813. The van der Waals surface area contributed by atoms with Crippen molar-refractivity contribution in [2.75, 3.05) is 5.73 Å². The summed E-state index contributed by atoms with van der Waals surface area (Å²) in [7, 11) is -1.69. The van der Waals surface area contributed by atoms with E-state index in [-0.39, 0.29) is 10.6 Å². The standard InChI is InChI=1S/C18H35N3OSi/c1-17(2,3)21-16(19)12-15(20-21)13-9-10-14(11-13)22-23(7,8)18(4,5)6/h12-14H,9-11,19H2,1-8H3/t13?,14-/m1/s1. The first-order chi connectivity index (χ1) is 10.3. The van der Waals surface area contributed by atoms with E-state index in [1.807, 2.05) is 4.68 Å². The molecule has 1 unspecified atom stereocenters. The minimum atomic E-state index is -1.69. The molecule has 0 saturated heterocycles. The van der Waals surface area contributed by atoms with E-state index in [0.29, 0.717) is 12.0 Å². The summed E-state index contributed by atoms with van der Waals surface area (Å²) in [6, 6.07) is 2.06. The van der Waals surface area contributed by atoms with E-state index < -0.39 is 8.32 Å². The topological polar surface area (TPSA) is 53.1 Å². The van der Waals surface area contributed by atoms with E-state index in [1.54, 1.807) is 0 Å². The number of anilines is 1.